The van der Waals surface area contributed by atoms with Crippen molar-refractivity contribution in [3.8, 4) is 28.5 Å². The normalized spacial score (nSPS) is 10.9. The van der Waals surface area contributed by atoms with E-state index in [4.69, 9.17) is 22.8 Å². The topological polar surface area (TPSA) is 156 Å². The smallest absolute Gasteiger partial charge is 0.465 e. The van der Waals surface area contributed by atoms with Crippen LogP contribution >= 0.6 is 0 Å². The van der Waals surface area contributed by atoms with E-state index in [-0.39, 0.29) is 87.4 Å². The molecule has 0 bridgehead atoms. The summed E-state index contributed by atoms with van der Waals surface area (Å²) < 4.78 is 27.7. The number of nitrogens with one attached hydrogen (secondary N) is 1. The number of aromatic nitrogens is 4. The fraction of sp³-hybridized carbons (Fsp3) is 0.167. The summed E-state index contributed by atoms with van der Waals surface area (Å²) in [4.78, 5) is 43.7. The van der Waals surface area contributed by atoms with Gasteiger partial charge in [0.2, 0.25) is 0 Å². The molecule has 0 fully saturated rings. The maximum absolute atomic E-state index is 13.3. The van der Waals surface area contributed by atoms with Crippen molar-refractivity contribution in [2.45, 2.75) is 27.0 Å². The number of esters is 1. The molecule has 213 valence electrons. The standard InChI is InChI=1S/C30H24N4O8.K/c1-3-38-28-31-23-11-7-10-21(27(35)39-16-24-17(2)40-30(37)41-24)25(23)34(28)15-18-12-13-20(19-8-5-4-6-9-19)22(14-18)26-32-29(36)42-33-26;/h4-14H,3,15-16H2,1-2H3,(H,32,33,36);. The van der Waals surface area contributed by atoms with Gasteiger partial charge < -0.3 is 18.3 Å². The van der Waals surface area contributed by atoms with Gasteiger partial charge in [-0.25, -0.2) is 14.4 Å². The Balaban J connectivity index is 0.00000368. The Morgan fingerprint density at radius 1 is 1.00 bits per heavy atom. The average Bonchev–Trinajstić information content (AvgIpc) is 3.68. The monoisotopic (exact) mass is 607 g/mol. The molecule has 0 aliphatic rings. The SMILES string of the molecule is CCOc1nc2cccc(C(=O)OCc3oc(=O)oc3C)c2n1Cc1ccc(-c2ccccc2)c(-c2noc(=O)[nH]2)c1.[K]. The van der Waals surface area contributed by atoms with Crippen LogP contribution in [0.2, 0.25) is 0 Å². The molecule has 43 heavy (non-hydrogen) atoms. The third kappa shape index (κ3) is 6.35. The molecule has 13 heteroatoms. The number of fused-ring (bicyclic) bond motifs is 1. The van der Waals surface area contributed by atoms with E-state index in [0.29, 0.717) is 29.2 Å². The Hall–Kier alpha value is -4.01. The van der Waals surface area contributed by atoms with Crippen LogP contribution in [0.4, 0.5) is 0 Å². The second kappa shape index (κ2) is 13.1. The van der Waals surface area contributed by atoms with Crippen LogP contribution in [0.25, 0.3) is 33.5 Å². The number of H-pyrrole nitrogens is 1. The van der Waals surface area contributed by atoms with Gasteiger partial charge in [0.15, 0.2) is 24.0 Å². The molecule has 3 aromatic carbocycles. The molecule has 3 aromatic heterocycles. The van der Waals surface area contributed by atoms with Crippen molar-refractivity contribution in [2.24, 2.45) is 0 Å². The molecule has 3 heterocycles. The van der Waals surface area contributed by atoms with Gasteiger partial charge in [-0.15, -0.1) is 0 Å². The predicted molar refractivity (Wildman–Crippen MR) is 155 cm³/mol. The minimum absolute atomic E-state index is 0. The molecular weight excluding hydrogens is 583 g/mol. The van der Waals surface area contributed by atoms with Crippen LogP contribution in [0.15, 0.2) is 89.7 Å². The number of imidazole rings is 1. The van der Waals surface area contributed by atoms with Crippen LogP contribution in [0.3, 0.4) is 0 Å². The molecule has 0 atom stereocenters. The van der Waals surface area contributed by atoms with Gasteiger partial charge in [-0.2, -0.15) is 4.98 Å². The number of nitrogens with zero attached hydrogens (tertiary/aromatic N) is 3. The van der Waals surface area contributed by atoms with E-state index >= 15 is 0 Å². The molecule has 0 aliphatic carbocycles. The van der Waals surface area contributed by atoms with Gasteiger partial charge in [0, 0.05) is 56.9 Å². The second-order valence-corrected chi connectivity index (χ2v) is 9.29. The molecule has 1 N–H and O–H groups in total. The summed E-state index contributed by atoms with van der Waals surface area (Å²) in [6, 6.07) is 20.9. The first kappa shape index (κ1) is 30.4. The Morgan fingerprint density at radius 2 is 1.81 bits per heavy atom. The number of benzene rings is 3. The summed E-state index contributed by atoms with van der Waals surface area (Å²) in [5.41, 5.74) is 4.52. The third-order valence-corrected chi connectivity index (χ3v) is 6.60. The second-order valence-electron chi connectivity index (χ2n) is 9.29. The molecule has 0 unspecified atom stereocenters. The number of rotatable bonds is 9. The Bertz CT molecular complexity index is 2020. The van der Waals surface area contributed by atoms with E-state index < -0.39 is 17.5 Å². The Morgan fingerprint density at radius 3 is 2.51 bits per heavy atom. The van der Waals surface area contributed by atoms with E-state index in [0.717, 1.165) is 16.7 Å². The van der Waals surface area contributed by atoms with Crippen molar-refractivity contribution in [1.29, 1.82) is 0 Å². The molecule has 0 saturated heterocycles. The number of carbonyl (C=O) groups is 1. The first-order valence-electron chi connectivity index (χ1n) is 13.0. The van der Waals surface area contributed by atoms with Crippen molar-refractivity contribution in [3.05, 3.63) is 111 Å². The fourth-order valence-electron chi connectivity index (χ4n) is 4.71. The maximum atomic E-state index is 13.3. The van der Waals surface area contributed by atoms with E-state index in [1.165, 1.54) is 0 Å². The number of carbonyl (C=O) groups excluding carboxylic acids is 1. The molecule has 0 saturated carbocycles. The number of ether oxygens (including phenoxy) is 2. The molecule has 0 spiro atoms. The molecule has 0 aliphatic heterocycles. The van der Waals surface area contributed by atoms with Crippen LogP contribution in [0.1, 0.15) is 34.4 Å². The predicted octanol–water partition coefficient (Wildman–Crippen LogP) is 4.32. The summed E-state index contributed by atoms with van der Waals surface area (Å²) in [6.07, 6.45) is 0. The minimum atomic E-state index is -0.868. The molecule has 6 rings (SSSR count). The molecule has 6 aromatic rings. The summed E-state index contributed by atoms with van der Waals surface area (Å²) in [6.45, 7) is 3.72. The Kier molecular flexibility index (Phi) is 9.27. The van der Waals surface area contributed by atoms with Gasteiger partial charge >= 0.3 is 17.5 Å². The fourth-order valence-corrected chi connectivity index (χ4v) is 4.71. The van der Waals surface area contributed by atoms with Crippen molar-refractivity contribution < 1.29 is 27.6 Å². The molecule has 12 nitrogen and oxygen atoms in total. The van der Waals surface area contributed by atoms with Gasteiger partial charge in [0.1, 0.15) is 0 Å². The Labute approximate surface area is 286 Å². The van der Waals surface area contributed by atoms with Gasteiger partial charge in [-0.1, -0.05) is 53.7 Å². The van der Waals surface area contributed by atoms with Crippen LogP contribution < -0.4 is 16.3 Å². The first-order valence-corrected chi connectivity index (χ1v) is 13.0. The summed E-state index contributed by atoms with van der Waals surface area (Å²) >= 11 is 0. The number of para-hydroxylation sites is 1. The van der Waals surface area contributed by atoms with Crippen LogP contribution in [0.5, 0.6) is 6.01 Å². The van der Waals surface area contributed by atoms with E-state index in [1.807, 2.05) is 55.5 Å². The van der Waals surface area contributed by atoms with Crippen LogP contribution in [-0.4, -0.2) is 83.7 Å². The van der Waals surface area contributed by atoms with E-state index in [1.54, 1.807) is 29.7 Å². The molecular formula is C30H24KN4O8. The van der Waals surface area contributed by atoms with Crippen molar-refractivity contribution >= 4 is 68.4 Å². The largest absolute Gasteiger partial charge is 0.519 e. The maximum Gasteiger partial charge on any atom is 0.519 e. The zero-order valence-corrected chi connectivity index (χ0v) is 26.7. The quantitative estimate of drug-likeness (QED) is 0.185. The summed E-state index contributed by atoms with van der Waals surface area (Å²) in [5, 5.41) is 3.92. The van der Waals surface area contributed by atoms with Crippen LogP contribution in [-0.2, 0) is 17.9 Å². The van der Waals surface area contributed by atoms with Gasteiger partial charge in [0.05, 0.1) is 29.7 Å². The number of aryl methyl sites for hydroxylation is 1. The average molecular weight is 608 g/mol. The number of hydrogen-bond acceptors (Lipinski definition) is 10. The summed E-state index contributed by atoms with van der Waals surface area (Å²) in [7, 11) is 0. The number of hydrogen-bond donors (Lipinski definition) is 1. The zero-order chi connectivity index (χ0) is 29.2. The number of aromatic amines is 1. The van der Waals surface area contributed by atoms with Gasteiger partial charge in [-0.05, 0) is 48.7 Å². The van der Waals surface area contributed by atoms with E-state index in [2.05, 4.69) is 15.1 Å². The van der Waals surface area contributed by atoms with Gasteiger partial charge in [0.25, 0.3) is 6.01 Å². The summed E-state index contributed by atoms with van der Waals surface area (Å²) in [5.74, 6) is -1.53. The van der Waals surface area contributed by atoms with Crippen molar-refractivity contribution in [2.75, 3.05) is 6.61 Å². The molecule has 1 radical (unpaired) electrons. The van der Waals surface area contributed by atoms with Gasteiger partial charge in [-0.3, -0.25) is 14.1 Å². The van der Waals surface area contributed by atoms with Crippen LogP contribution in [0, 0.1) is 6.92 Å². The minimum Gasteiger partial charge on any atom is -0.465 e. The van der Waals surface area contributed by atoms with Crippen molar-refractivity contribution in [3.63, 3.8) is 0 Å². The van der Waals surface area contributed by atoms with Crippen molar-refractivity contribution in [1.82, 2.24) is 19.7 Å². The zero-order valence-electron chi connectivity index (χ0n) is 23.6. The molecule has 0 amide bonds. The first-order chi connectivity index (χ1) is 20.4. The third-order valence-electron chi connectivity index (χ3n) is 6.60. The van der Waals surface area contributed by atoms with E-state index in [9.17, 15) is 14.4 Å².